The Morgan fingerprint density at radius 2 is 1.86 bits per heavy atom. The maximum Gasteiger partial charge on any atom is 0.573 e. The highest BCUT2D eigenvalue weighted by Crippen LogP contribution is 2.31. The van der Waals surface area contributed by atoms with Gasteiger partial charge in [0.2, 0.25) is 0 Å². The third-order valence-electron chi connectivity index (χ3n) is 6.21. The molecule has 35 heavy (non-hydrogen) atoms. The molecule has 0 radical (unpaired) electrons. The number of amides is 1. The fourth-order valence-electron chi connectivity index (χ4n) is 4.19. The number of aromatic nitrogens is 1. The maximum absolute atomic E-state index is 12.9. The minimum Gasteiger partial charge on any atom is -0.406 e. The van der Waals surface area contributed by atoms with Gasteiger partial charge in [0, 0.05) is 31.0 Å². The summed E-state index contributed by atoms with van der Waals surface area (Å²) in [5.41, 5.74) is 3.35. The minimum atomic E-state index is -4.74. The Morgan fingerprint density at radius 3 is 2.46 bits per heavy atom. The molecule has 0 bridgehead atoms. The van der Waals surface area contributed by atoms with Crippen LogP contribution in [0, 0.1) is 6.92 Å². The molecule has 3 aromatic rings. The summed E-state index contributed by atoms with van der Waals surface area (Å²) in [5, 5.41) is 2.92. The number of hydrogen-bond donors (Lipinski definition) is 1. The number of pyridine rings is 1. The van der Waals surface area contributed by atoms with Gasteiger partial charge in [-0.15, -0.1) is 13.2 Å². The average Bonchev–Trinajstić information content (AvgIpc) is 3.31. The van der Waals surface area contributed by atoms with Crippen LogP contribution in [0.1, 0.15) is 22.3 Å². The molecule has 0 spiro atoms. The van der Waals surface area contributed by atoms with Gasteiger partial charge in [0.1, 0.15) is 11.6 Å². The monoisotopic (exact) mass is 484 g/mol. The molecule has 4 rings (SSSR count). The highest BCUT2D eigenvalue weighted by molar-refractivity contribution is 6.05. The van der Waals surface area contributed by atoms with E-state index in [9.17, 15) is 18.0 Å². The van der Waals surface area contributed by atoms with E-state index in [1.807, 2.05) is 19.1 Å². The van der Waals surface area contributed by atoms with Gasteiger partial charge in [0.15, 0.2) is 0 Å². The first-order valence-corrected chi connectivity index (χ1v) is 11.3. The molecule has 0 saturated carbocycles. The SMILES string of the molecule is Cc1c(NC(=O)c2ccc(N3CC[C@@H](N(C)C)C3)nc2)cccc1-c1ccc(OC(F)(F)F)cc1. The van der Waals surface area contributed by atoms with E-state index >= 15 is 0 Å². The molecule has 9 heteroatoms. The van der Waals surface area contributed by atoms with Crippen molar-refractivity contribution in [2.24, 2.45) is 0 Å². The van der Waals surface area contributed by atoms with Crippen LogP contribution in [0.5, 0.6) is 5.75 Å². The molecule has 2 aromatic carbocycles. The Balaban J connectivity index is 1.45. The van der Waals surface area contributed by atoms with E-state index in [2.05, 4.69) is 38.9 Å². The molecule has 1 atom stereocenters. The van der Waals surface area contributed by atoms with Gasteiger partial charge in [0.05, 0.1) is 5.56 Å². The van der Waals surface area contributed by atoms with Crippen LogP contribution in [0.4, 0.5) is 24.7 Å². The van der Waals surface area contributed by atoms with Crippen LogP contribution in [0.3, 0.4) is 0 Å². The molecule has 1 saturated heterocycles. The number of carbonyl (C=O) groups is 1. The van der Waals surface area contributed by atoms with Gasteiger partial charge < -0.3 is 19.9 Å². The maximum atomic E-state index is 12.9. The van der Waals surface area contributed by atoms with Crippen molar-refractivity contribution in [3.05, 3.63) is 71.9 Å². The number of alkyl halides is 3. The summed E-state index contributed by atoms with van der Waals surface area (Å²) in [4.78, 5) is 21.8. The van der Waals surface area contributed by atoms with Crippen LogP contribution in [-0.2, 0) is 0 Å². The second kappa shape index (κ2) is 9.95. The van der Waals surface area contributed by atoms with Crippen LogP contribution in [0.25, 0.3) is 11.1 Å². The summed E-state index contributed by atoms with van der Waals surface area (Å²) >= 11 is 0. The van der Waals surface area contributed by atoms with Crippen molar-refractivity contribution in [1.82, 2.24) is 9.88 Å². The van der Waals surface area contributed by atoms with Crippen molar-refractivity contribution in [3.63, 3.8) is 0 Å². The van der Waals surface area contributed by atoms with Crippen molar-refractivity contribution in [2.45, 2.75) is 25.7 Å². The zero-order valence-electron chi connectivity index (χ0n) is 19.8. The number of likely N-dealkylation sites (N-methyl/N-ethyl adjacent to an activating group) is 1. The van der Waals surface area contributed by atoms with Crippen LogP contribution >= 0.6 is 0 Å². The predicted molar refractivity (Wildman–Crippen MR) is 130 cm³/mol. The molecule has 1 N–H and O–H groups in total. The Kier molecular flexibility index (Phi) is 6.98. The molecule has 2 heterocycles. The fourth-order valence-corrected chi connectivity index (χ4v) is 4.19. The summed E-state index contributed by atoms with van der Waals surface area (Å²) in [6.07, 6.45) is -2.09. The van der Waals surface area contributed by atoms with E-state index in [0.29, 0.717) is 22.9 Å². The molecule has 6 nitrogen and oxygen atoms in total. The zero-order chi connectivity index (χ0) is 25.2. The molecule has 1 amide bonds. The molecule has 1 aromatic heterocycles. The molecule has 184 valence electrons. The van der Waals surface area contributed by atoms with Crippen molar-refractivity contribution < 1.29 is 22.7 Å². The van der Waals surface area contributed by atoms with Gasteiger partial charge in [0.25, 0.3) is 5.91 Å². The van der Waals surface area contributed by atoms with E-state index in [4.69, 9.17) is 0 Å². The molecule has 1 aliphatic rings. The molecule has 0 unspecified atom stereocenters. The lowest BCUT2D eigenvalue weighted by Crippen LogP contribution is -2.31. The van der Waals surface area contributed by atoms with Gasteiger partial charge in [-0.05, 0) is 74.5 Å². The molecule has 1 aliphatic heterocycles. The predicted octanol–water partition coefficient (Wildman–Crippen LogP) is 5.35. The van der Waals surface area contributed by atoms with Crippen molar-refractivity contribution in [2.75, 3.05) is 37.4 Å². The Morgan fingerprint density at radius 1 is 1.11 bits per heavy atom. The first-order chi connectivity index (χ1) is 16.6. The quantitative estimate of drug-likeness (QED) is 0.511. The van der Waals surface area contributed by atoms with Gasteiger partial charge in [-0.2, -0.15) is 0 Å². The average molecular weight is 485 g/mol. The minimum absolute atomic E-state index is 0.286. The normalized spacial score (nSPS) is 16.0. The van der Waals surface area contributed by atoms with Gasteiger partial charge in [-0.3, -0.25) is 4.79 Å². The lowest BCUT2D eigenvalue weighted by atomic mass is 9.99. The summed E-state index contributed by atoms with van der Waals surface area (Å²) < 4.78 is 41.2. The third kappa shape index (κ3) is 5.92. The molecule has 0 aliphatic carbocycles. The first-order valence-electron chi connectivity index (χ1n) is 11.3. The number of carbonyl (C=O) groups excluding carboxylic acids is 1. The fraction of sp³-hybridized carbons (Fsp3) is 0.308. The number of anilines is 2. The molecular weight excluding hydrogens is 457 g/mol. The highest BCUT2D eigenvalue weighted by atomic mass is 19.4. The first kappa shape index (κ1) is 24.5. The number of benzene rings is 2. The van der Waals surface area contributed by atoms with Crippen molar-refractivity contribution >= 4 is 17.4 Å². The lowest BCUT2D eigenvalue weighted by molar-refractivity contribution is -0.274. The number of halogens is 3. The van der Waals surface area contributed by atoms with Gasteiger partial charge >= 0.3 is 6.36 Å². The van der Waals surface area contributed by atoms with Crippen LogP contribution in [0.2, 0.25) is 0 Å². The van der Waals surface area contributed by atoms with E-state index in [0.717, 1.165) is 36.5 Å². The van der Waals surface area contributed by atoms with Gasteiger partial charge in [-0.25, -0.2) is 4.98 Å². The van der Waals surface area contributed by atoms with Crippen molar-refractivity contribution in [1.29, 1.82) is 0 Å². The number of nitrogens with one attached hydrogen (secondary N) is 1. The van der Waals surface area contributed by atoms with Crippen LogP contribution < -0.4 is 15.0 Å². The number of nitrogens with zero attached hydrogens (tertiary/aromatic N) is 3. The molecular formula is C26H27F3N4O2. The molecule has 1 fully saturated rings. The third-order valence-corrected chi connectivity index (χ3v) is 6.21. The number of ether oxygens (including phenoxy) is 1. The number of rotatable bonds is 6. The Hall–Kier alpha value is -3.59. The second-order valence-electron chi connectivity index (χ2n) is 8.76. The van der Waals surface area contributed by atoms with Gasteiger partial charge in [-0.1, -0.05) is 24.3 Å². The Labute approximate surface area is 202 Å². The van der Waals surface area contributed by atoms with Crippen LogP contribution in [0.15, 0.2) is 60.8 Å². The van der Waals surface area contributed by atoms with Crippen molar-refractivity contribution in [3.8, 4) is 16.9 Å². The van der Waals surface area contributed by atoms with E-state index in [1.165, 1.54) is 12.1 Å². The number of hydrogen-bond acceptors (Lipinski definition) is 5. The summed E-state index contributed by atoms with van der Waals surface area (Å²) in [6, 6.07) is 15.2. The second-order valence-corrected chi connectivity index (χ2v) is 8.76. The smallest absolute Gasteiger partial charge is 0.406 e. The van der Waals surface area contributed by atoms with Crippen LogP contribution in [-0.4, -0.2) is 55.4 Å². The Bertz CT molecular complexity index is 1180. The topological polar surface area (TPSA) is 57.7 Å². The summed E-state index contributed by atoms with van der Waals surface area (Å²) in [6.45, 7) is 3.68. The highest BCUT2D eigenvalue weighted by Gasteiger charge is 2.31. The lowest BCUT2D eigenvalue weighted by Gasteiger charge is -2.21. The zero-order valence-corrected chi connectivity index (χ0v) is 19.8. The van der Waals surface area contributed by atoms with E-state index < -0.39 is 6.36 Å². The standard InChI is InChI=1S/C26H27F3N4O2/c1-17-22(18-7-10-21(11-8-18)35-26(27,28)29)5-4-6-23(17)31-25(34)19-9-12-24(30-15-19)33-14-13-20(16-33)32(2)3/h4-12,15,20H,13-14,16H2,1-3H3,(H,31,34)/t20-/m1/s1. The summed E-state index contributed by atoms with van der Waals surface area (Å²) in [5.74, 6) is 0.276. The van der Waals surface area contributed by atoms with E-state index in [1.54, 1.807) is 36.5 Å². The van der Waals surface area contributed by atoms with E-state index in [-0.39, 0.29) is 11.7 Å². The summed E-state index contributed by atoms with van der Waals surface area (Å²) in [7, 11) is 4.15. The largest absolute Gasteiger partial charge is 0.573 e.